The van der Waals surface area contributed by atoms with Gasteiger partial charge < -0.3 is 19.3 Å². The van der Waals surface area contributed by atoms with Gasteiger partial charge in [0.05, 0.1) is 17.6 Å². The van der Waals surface area contributed by atoms with Gasteiger partial charge in [-0.05, 0) is 68.3 Å². The van der Waals surface area contributed by atoms with Crippen molar-refractivity contribution in [2.45, 2.75) is 26.3 Å². The zero-order valence-electron chi connectivity index (χ0n) is 19.8. The Kier molecular flexibility index (Phi) is 7.57. The van der Waals surface area contributed by atoms with Crippen molar-refractivity contribution in [1.82, 2.24) is 9.88 Å². The van der Waals surface area contributed by atoms with E-state index in [4.69, 9.17) is 9.47 Å². The number of hydrogen-bond donors (Lipinski definition) is 0. The van der Waals surface area contributed by atoms with Crippen LogP contribution in [0.1, 0.15) is 19.4 Å². The van der Waals surface area contributed by atoms with Crippen LogP contribution in [0.3, 0.4) is 0 Å². The van der Waals surface area contributed by atoms with Crippen LogP contribution < -0.4 is 9.64 Å². The molecule has 0 saturated carbocycles. The first-order valence-corrected chi connectivity index (χ1v) is 11.6. The lowest BCUT2D eigenvalue weighted by Gasteiger charge is -2.34. The summed E-state index contributed by atoms with van der Waals surface area (Å²) in [5.74, 6) is 1.68. The number of nitro groups is 1. The molecule has 9 nitrogen and oxygen atoms in total. The van der Waals surface area contributed by atoms with Crippen molar-refractivity contribution in [2.75, 3.05) is 31.2 Å². The number of benzene rings is 2. The molecular weight excluding hydrogens is 448 g/mol. The first-order valence-electron chi connectivity index (χ1n) is 11.6. The molecule has 4 rings (SSSR count). The van der Waals surface area contributed by atoms with Crippen LogP contribution in [-0.4, -0.2) is 53.1 Å². The van der Waals surface area contributed by atoms with Crippen LogP contribution in [0.4, 0.5) is 17.2 Å². The smallest absolute Gasteiger partial charge is 0.311 e. The Balaban J connectivity index is 1.42. The molecule has 35 heavy (non-hydrogen) atoms. The highest BCUT2D eigenvalue weighted by Crippen LogP contribution is 2.32. The third-order valence-corrected chi connectivity index (χ3v) is 5.95. The maximum Gasteiger partial charge on any atom is 0.311 e. The highest BCUT2D eigenvalue weighted by atomic mass is 16.6. The number of amides is 1. The number of anilines is 2. The summed E-state index contributed by atoms with van der Waals surface area (Å²) in [7, 11) is 0. The van der Waals surface area contributed by atoms with Crippen LogP contribution in [-0.2, 0) is 16.0 Å². The summed E-state index contributed by atoms with van der Waals surface area (Å²) in [6.07, 6.45) is 2.27. The lowest BCUT2D eigenvalue weighted by molar-refractivity contribution is -0.384. The fraction of sp³-hybridized carbons (Fsp3) is 0.308. The van der Waals surface area contributed by atoms with E-state index in [-0.39, 0.29) is 24.2 Å². The average Bonchev–Trinajstić information content (AvgIpc) is 2.87. The van der Waals surface area contributed by atoms with Crippen molar-refractivity contribution in [2.24, 2.45) is 0 Å². The predicted molar refractivity (Wildman–Crippen MR) is 132 cm³/mol. The highest BCUT2D eigenvalue weighted by molar-refractivity contribution is 5.78. The summed E-state index contributed by atoms with van der Waals surface area (Å²) < 4.78 is 11.4. The van der Waals surface area contributed by atoms with Gasteiger partial charge in [0.2, 0.25) is 11.7 Å². The number of carbonyl (C=O) groups excluding carboxylic acids is 1. The van der Waals surface area contributed by atoms with E-state index in [9.17, 15) is 14.9 Å². The van der Waals surface area contributed by atoms with Crippen molar-refractivity contribution in [1.29, 1.82) is 0 Å². The Hall–Kier alpha value is -3.98. The fourth-order valence-electron chi connectivity index (χ4n) is 4.25. The van der Waals surface area contributed by atoms with Crippen LogP contribution in [0.2, 0.25) is 0 Å². The number of ether oxygens (including phenoxy) is 2. The maximum absolute atomic E-state index is 12.0. The number of pyridine rings is 1. The van der Waals surface area contributed by atoms with Gasteiger partial charge in [0.15, 0.2) is 0 Å². The number of nitrogens with zero attached hydrogens (tertiary/aromatic N) is 4. The van der Waals surface area contributed by atoms with E-state index in [0.717, 1.165) is 17.7 Å². The minimum Gasteiger partial charge on any atom is -0.457 e. The number of likely N-dealkylation sites (N-methyl/N-ethyl adjacent to an activating group) is 1. The zero-order chi connectivity index (χ0) is 24.8. The summed E-state index contributed by atoms with van der Waals surface area (Å²) in [6.45, 7) is 5.79. The Morgan fingerprint density at radius 3 is 2.43 bits per heavy atom. The summed E-state index contributed by atoms with van der Waals surface area (Å²) >= 11 is 0. The molecule has 1 unspecified atom stereocenters. The Morgan fingerprint density at radius 1 is 1.11 bits per heavy atom. The zero-order valence-corrected chi connectivity index (χ0v) is 19.8. The monoisotopic (exact) mass is 476 g/mol. The molecule has 1 aliphatic heterocycles. The predicted octanol–water partition coefficient (Wildman–Crippen LogP) is 4.73. The minimum absolute atomic E-state index is 0.0337. The third kappa shape index (κ3) is 5.58. The van der Waals surface area contributed by atoms with E-state index < -0.39 is 4.92 Å². The van der Waals surface area contributed by atoms with Crippen molar-refractivity contribution < 1.29 is 19.2 Å². The molecule has 0 bridgehead atoms. The first kappa shape index (κ1) is 24.2. The third-order valence-electron chi connectivity index (χ3n) is 5.95. The van der Waals surface area contributed by atoms with Gasteiger partial charge in [0.25, 0.3) is 0 Å². The van der Waals surface area contributed by atoms with Gasteiger partial charge in [-0.3, -0.25) is 14.9 Å². The van der Waals surface area contributed by atoms with Crippen molar-refractivity contribution >= 4 is 23.1 Å². The van der Waals surface area contributed by atoms with Gasteiger partial charge in [-0.2, -0.15) is 0 Å². The number of carbonyl (C=O) groups is 1. The summed E-state index contributed by atoms with van der Waals surface area (Å²) in [5.41, 5.74) is 1.84. The number of aromatic nitrogens is 1. The van der Waals surface area contributed by atoms with Gasteiger partial charge in [0, 0.05) is 31.0 Å². The first-order chi connectivity index (χ1) is 17.0. The summed E-state index contributed by atoms with van der Waals surface area (Å²) in [6, 6.07) is 18.2. The SMILES string of the molecule is CCN(c1ccc(Oc2ccc(CC3COCC(=O)N3CC)cc2)cc1)c1ncccc1[N+](=O)[O-]. The molecule has 2 aromatic carbocycles. The van der Waals surface area contributed by atoms with Crippen LogP contribution in [0.25, 0.3) is 0 Å². The summed E-state index contributed by atoms with van der Waals surface area (Å²) in [4.78, 5) is 30.9. The van der Waals surface area contributed by atoms with Gasteiger partial charge >= 0.3 is 5.69 Å². The highest BCUT2D eigenvalue weighted by Gasteiger charge is 2.27. The molecule has 9 heteroatoms. The molecule has 1 aliphatic rings. The Bertz CT molecular complexity index is 1170. The number of rotatable bonds is 9. The largest absolute Gasteiger partial charge is 0.457 e. The van der Waals surface area contributed by atoms with Gasteiger partial charge in [-0.1, -0.05) is 12.1 Å². The van der Waals surface area contributed by atoms with Gasteiger partial charge in [0.1, 0.15) is 18.1 Å². The van der Waals surface area contributed by atoms with Crippen molar-refractivity contribution in [3.05, 3.63) is 82.5 Å². The maximum atomic E-state index is 12.0. The summed E-state index contributed by atoms with van der Waals surface area (Å²) in [5, 5.41) is 11.4. The molecule has 1 atom stereocenters. The molecule has 0 aliphatic carbocycles. The molecule has 1 fully saturated rings. The average molecular weight is 477 g/mol. The van der Waals surface area contributed by atoms with Crippen molar-refractivity contribution in [3.63, 3.8) is 0 Å². The van der Waals surface area contributed by atoms with Crippen LogP contribution in [0.15, 0.2) is 66.9 Å². The van der Waals surface area contributed by atoms with E-state index in [1.807, 2.05) is 67.3 Å². The Morgan fingerprint density at radius 2 is 1.80 bits per heavy atom. The molecule has 0 radical (unpaired) electrons. The minimum atomic E-state index is -0.426. The Labute approximate surface area is 204 Å². The lowest BCUT2D eigenvalue weighted by atomic mass is 10.0. The topological polar surface area (TPSA) is 98.0 Å². The second-order valence-electron chi connectivity index (χ2n) is 8.14. The molecule has 0 N–H and O–H groups in total. The van der Waals surface area contributed by atoms with Crippen LogP contribution >= 0.6 is 0 Å². The van der Waals surface area contributed by atoms with Gasteiger partial charge in [-0.15, -0.1) is 0 Å². The normalized spacial score (nSPS) is 15.7. The molecule has 3 aromatic rings. The number of hydrogen-bond acceptors (Lipinski definition) is 7. The van der Waals surface area contributed by atoms with E-state index >= 15 is 0 Å². The molecular formula is C26H28N4O5. The van der Waals surface area contributed by atoms with Crippen LogP contribution in [0.5, 0.6) is 11.5 Å². The van der Waals surface area contributed by atoms with E-state index in [1.54, 1.807) is 17.2 Å². The fourth-order valence-corrected chi connectivity index (χ4v) is 4.25. The van der Waals surface area contributed by atoms with Gasteiger partial charge in [-0.25, -0.2) is 4.98 Å². The van der Waals surface area contributed by atoms with E-state index in [2.05, 4.69) is 4.98 Å². The molecule has 1 saturated heterocycles. The van der Waals surface area contributed by atoms with E-state index in [0.29, 0.717) is 37.0 Å². The number of morpholine rings is 1. The van der Waals surface area contributed by atoms with Crippen molar-refractivity contribution in [3.8, 4) is 11.5 Å². The lowest BCUT2D eigenvalue weighted by Crippen LogP contribution is -2.50. The van der Waals surface area contributed by atoms with Crippen LogP contribution in [0, 0.1) is 10.1 Å². The second-order valence-corrected chi connectivity index (χ2v) is 8.14. The molecule has 0 spiro atoms. The molecule has 1 amide bonds. The quantitative estimate of drug-likeness (QED) is 0.325. The molecule has 182 valence electrons. The standard InChI is InChI=1S/C26H28N4O5/c1-3-28-21(17-34-18-25(28)31)16-19-7-11-22(12-8-19)35-23-13-9-20(10-14-23)29(4-2)26-24(30(32)33)6-5-15-27-26/h5-15,21H,3-4,16-18H2,1-2H3. The molecule has 1 aromatic heterocycles. The van der Waals surface area contributed by atoms with E-state index in [1.165, 1.54) is 6.07 Å². The molecule has 2 heterocycles. The second kappa shape index (κ2) is 11.0.